The molecule has 2 aliphatic rings. The zero-order valence-corrected chi connectivity index (χ0v) is 15.2. The zero-order valence-electron chi connectivity index (χ0n) is 15.2. The van der Waals surface area contributed by atoms with Gasteiger partial charge in [-0.15, -0.1) is 0 Å². The van der Waals surface area contributed by atoms with Gasteiger partial charge in [0, 0.05) is 36.5 Å². The summed E-state index contributed by atoms with van der Waals surface area (Å²) in [5.41, 5.74) is 6.90. The SMILES string of the molecule is CCC1(C2CC2)CN(C)c2ccc(-c3cncnc3C(C)C)cc21. The Bertz CT molecular complexity index is 763. The van der Waals surface area contributed by atoms with Crippen LogP contribution in [0.25, 0.3) is 11.1 Å². The van der Waals surface area contributed by atoms with Gasteiger partial charge >= 0.3 is 0 Å². The van der Waals surface area contributed by atoms with Crippen LogP contribution in [0.4, 0.5) is 5.69 Å². The number of anilines is 1. The van der Waals surface area contributed by atoms with Gasteiger partial charge in [0.2, 0.25) is 0 Å². The van der Waals surface area contributed by atoms with Gasteiger partial charge in [-0.1, -0.05) is 26.8 Å². The van der Waals surface area contributed by atoms with Crippen LogP contribution in [0.15, 0.2) is 30.7 Å². The number of hydrogen-bond acceptors (Lipinski definition) is 3. The molecule has 3 heteroatoms. The van der Waals surface area contributed by atoms with Gasteiger partial charge in [-0.3, -0.25) is 0 Å². The molecule has 1 aliphatic heterocycles. The number of aromatic nitrogens is 2. The van der Waals surface area contributed by atoms with E-state index in [4.69, 9.17) is 0 Å². The highest BCUT2D eigenvalue weighted by molar-refractivity contribution is 5.73. The van der Waals surface area contributed by atoms with E-state index in [2.05, 4.69) is 60.9 Å². The van der Waals surface area contributed by atoms with Crippen LogP contribution in [-0.2, 0) is 5.41 Å². The van der Waals surface area contributed by atoms with Gasteiger partial charge in [-0.25, -0.2) is 9.97 Å². The maximum absolute atomic E-state index is 4.55. The van der Waals surface area contributed by atoms with Gasteiger partial charge in [0.1, 0.15) is 6.33 Å². The van der Waals surface area contributed by atoms with Crippen molar-refractivity contribution in [2.45, 2.75) is 51.4 Å². The molecule has 0 amide bonds. The Labute approximate surface area is 145 Å². The fraction of sp³-hybridized carbons (Fsp3) is 0.524. The number of nitrogens with zero attached hydrogens (tertiary/aromatic N) is 3. The molecule has 0 bridgehead atoms. The first-order valence-electron chi connectivity index (χ1n) is 9.22. The van der Waals surface area contributed by atoms with Crippen LogP contribution < -0.4 is 4.90 Å². The average molecular weight is 321 g/mol. The number of hydrogen-bond donors (Lipinski definition) is 0. The third-order valence-corrected chi connectivity index (χ3v) is 6.05. The summed E-state index contributed by atoms with van der Waals surface area (Å²) in [6.45, 7) is 7.93. The Balaban J connectivity index is 1.86. The molecule has 1 saturated carbocycles. The van der Waals surface area contributed by atoms with E-state index in [-0.39, 0.29) is 0 Å². The first kappa shape index (κ1) is 15.6. The summed E-state index contributed by atoms with van der Waals surface area (Å²) in [7, 11) is 2.24. The van der Waals surface area contributed by atoms with Crippen LogP contribution in [0.1, 0.15) is 57.2 Å². The van der Waals surface area contributed by atoms with E-state index >= 15 is 0 Å². The van der Waals surface area contributed by atoms with E-state index < -0.39 is 0 Å². The van der Waals surface area contributed by atoms with Gasteiger partial charge < -0.3 is 4.90 Å². The summed E-state index contributed by atoms with van der Waals surface area (Å²) >= 11 is 0. The predicted octanol–water partition coefficient (Wildman–Crippen LogP) is 4.77. The van der Waals surface area contributed by atoms with Crippen molar-refractivity contribution in [2.75, 3.05) is 18.5 Å². The monoisotopic (exact) mass is 321 g/mol. The molecule has 1 unspecified atom stereocenters. The van der Waals surface area contributed by atoms with Crippen LogP contribution in [-0.4, -0.2) is 23.6 Å². The first-order chi connectivity index (χ1) is 11.6. The Kier molecular flexibility index (Phi) is 3.63. The van der Waals surface area contributed by atoms with Crippen LogP contribution in [0.2, 0.25) is 0 Å². The molecule has 126 valence electrons. The van der Waals surface area contributed by atoms with Gasteiger partial charge in [-0.05, 0) is 54.4 Å². The second kappa shape index (κ2) is 5.58. The van der Waals surface area contributed by atoms with Gasteiger partial charge in [-0.2, -0.15) is 0 Å². The minimum absolute atomic E-state index is 0.341. The smallest absolute Gasteiger partial charge is 0.115 e. The molecule has 1 aliphatic carbocycles. The molecule has 1 aromatic heterocycles. The van der Waals surface area contributed by atoms with Crippen molar-refractivity contribution in [3.8, 4) is 11.1 Å². The Hall–Kier alpha value is -1.90. The summed E-state index contributed by atoms with van der Waals surface area (Å²) in [5, 5.41) is 0. The number of likely N-dealkylation sites (N-methyl/N-ethyl adjacent to an activating group) is 1. The third kappa shape index (κ3) is 2.25. The number of rotatable bonds is 4. The highest BCUT2D eigenvalue weighted by Gasteiger charge is 2.50. The lowest BCUT2D eigenvalue weighted by molar-refractivity contribution is 0.383. The first-order valence-corrected chi connectivity index (χ1v) is 9.22. The van der Waals surface area contributed by atoms with E-state index in [0.717, 1.165) is 18.2 Å². The fourth-order valence-electron chi connectivity index (χ4n) is 4.63. The Morgan fingerprint density at radius 2 is 2.08 bits per heavy atom. The fourth-order valence-corrected chi connectivity index (χ4v) is 4.63. The van der Waals surface area contributed by atoms with Crippen molar-refractivity contribution >= 4 is 5.69 Å². The van der Waals surface area contributed by atoms with E-state index in [0.29, 0.717) is 11.3 Å². The topological polar surface area (TPSA) is 29.0 Å². The van der Waals surface area contributed by atoms with E-state index in [9.17, 15) is 0 Å². The van der Waals surface area contributed by atoms with Crippen LogP contribution >= 0.6 is 0 Å². The molecule has 1 fully saturated rings. The molecule has 2 aromatic rings. The van der Waals surface area contributed by atoms with Crippen LogP contribution in [0.5, 0.6) is 0 Å². The molecule has 24 heavy (non-hydrogen) atoms. The van der Waals surface area contributed by atoms with Crippen molar-refractivity contribution in [3.63, 3.8) is 0 Å². The van der Waals surface area contributed by atoms with Crippen molar-refractivity contribution < 1.29 is 0 Å². The molecule has 2 heterocycles. The second-order valence-electron chi connectivity index (χ2n) is 7.85. The lowest BCUT2D eigenvalue weighted by Gasteiger charge is -2.29. The molecule has 1 aromatic carbocycles. The molecular weight excluding hydrogens is 294 g/mol. The highest BCUT2D eigenvalue weighted by Crippen LogP contribution is 2.56. The Morgan fingerprint density at radius 1 is 1.29 bits per heavy atom. The molecule has 0 spiro atoms. The van der Waals surface area contributed by atoms with Crippen molar-refractivity contribution in [3.05, 3.63) is 42.0 Å². The zero-order chi connectivity index (χ0) is 16.9. The van der Waals surface area contributed by atoms with Crippen molar-refractivity contribution in [2.24, 2.45) is 5.92 Å². The third-order valence-electron chi connectivity index (χ3n) is 6.05. The van der Waals surface area contributed by atoms with Crippen LogP contribution in [0, 0.1) is 5.92 Å². The van der Waals surface area contributed by atoms with Gasteiger partial charge in [0.25, 0.3) is 0 Å². The lowest BCUT2D eigenvalue weighted by Crippen LogP contribution is -2.33. The summed E-state index contributed by atoms with van der Waals surface area (Å²) in [4.78, 5) is 11.3. The quantitative estimate of drug-likeness (QED) is 0.812. The normalized spacial score (nSPS) is 23.0. The van der Waals surface area contributed by atoms with Gasteiger partial charge in [0.05, 0.1) is 5.69 Å². The molecule has 0 radical (unpaired) electrons. The summed E-state index contributed by atoms with van der Waals surface area (Å²) < 4.78 is 0. The highest BCUT2D eigenvalue weighted by atomic mass is 15.1. The van der Waals surface area contributed by atoms with Crippen LogP contribution in [0.3, 0.4) is 0 Å². The average Bonchev–Trinajstić information content (AvgIpc) is 3.41. The predicted molar refractivity (Wildman–Crippen MR) is 99.5 cm³/mol. The number of benzene rings is 1. The van der Waals surface area contributed by atoms with Crippen molar-refractivity contribution in [1.82, 2.24) is 9.97 Å². The maximum atomic E-state index is 4.55. The molecule has 0 saturated heterocycles. The standard InChI is InChI=1S/C21H27N3/c1-5-21(16-7-8-16)12-24(4)19-9-6-15(10-18(19)21)17-11-22-13-23-20(17)14(2)3/h6,9-11,13-14,16H,5,7-8,12H2,1-4H3. The summed E-state index contributed by atoms with van der Waals surface area (Å²) in [5.74, 6) is 1.26. The Morgan fingerprint density at radius 3 is 2.75 bits per heavy atom. The molecular formula is C21H27N3. The summed E-state index contributed by atoms with van der Waals surface area (Å²) in [6.07, 6.45) is 7.64. The minimum Gasteiger partial charge on any atom is -0.373 e. The molecule has 1 atom stereocenters. The molecule has 3 nitrogen and oxygen atoms in total. The van der Waals surface area contributed by atoms with Crippen molar-refractivity contribution in [1.29, 1.82) is 0 Å². The van der Waals surface area contributed by atoms with Gasteiger partial charge in [0.15, 0.2) is 0 Å². The maximum Gasteiger partial charge on any atom is 0.115 e. The van der Waals surface area contributed by atoms with E-state index in [1.54, 1.807) is 11.9 Å². The largest absolute Gasteiger partial charge is 0.373 e. The van der Waals surface area contributed by atoms with E-state index in [1.807, 2.05) is 6.20 Å². The van der Waals surface area contributed by atoms with E-state index in [1.165, 1.54) is 36.1 Å². The lowest BCUT2D eigenvalue weighted by atomic mass is 9.75. The molecule has 4 rings (SSSR count). The second-order valence-corrected chi connectivity index (χ2v) is 7.85. The number of fused-ring (bicyclic) bond motifs is 1. The minimum atomic E-state index is 0.341. The molecule has 0 N–H and O–H groups in total. The summed E-state index contributed by atoms with van der Waals surface area (Å²) in [6, 6.07) is 6.99.